The first-order valence-corrected chi connectivity index (χ1v) is 5.30. The summed E-state index contributed by atoms with van der Waals surface area (Å²) in [6.45, 7) is 0. The molecule has 100 valence electrons. The van der Waals surface area contributed by atoms with Gasteiger partial charge in [-0.05, 0) is 12.1 Å². The maximum absolute atomic E-state index is 11.0. The van der Waals surface area contributed by atoms with Crippen LogP contribution in [0.1, 0.15) is 5.56 Å². The third-order valence-corrected chi connectivity index (χ3v) is 2.32. The summed E-state index contributed by atoms with van der Waals surface area (Å²) in [6, 6.07) is 8.21. The summed E-state index contributed by atoms with van der Waals surface area (Å²) in [4.78, 5) is 17.6. The zero-order valence-corrected chi connectivity index (χ0v) is 9.98. The highest BCUT2D eigenvalue weighted by molar-refractivity contribution is 5.61. The minimum atomic E-state index is -0.723. The van der Waals surface area contributed by atoms with Crippen molar-refractivity contribution in [2.24, 2.45) is 5.84 Å². The first-order chi connectivity index (χ1) is 9.67. The Balaban J connectivity index is 2.49. The molecule has 0 radical (unpaired) electrons. The Labute approximate surface area is 112 Å². The van der Waals surface area contributed by atoms with Gasteiger partial charge in [-0.2, -0.15) is 10.2 Å². The zero-order valence-electron chi connectivity index (χ0n) is 9.98. The second-order valence-electron chi connectivity index (χ2n) is 3.49. The van der Waals surface area contributed by atoms with Gasteiger partial charge in [0.15, 0.2) is 0 Å². The molecule has 9 nitrogen and oxygen atoms in total. The number of ether oxygens (including phenoxy) is 1. The number of anilines is 1. The molecule has 2 rings (SSSR count). The molecule has 1 aromatic heterocycles. The summed E-state index contributed by atoms with van der Waals surface area (Å²) >= 11 is 0. The maximum Gasteiger partial charge on any atom is 0.374 e. The van der Waals surface area contributed by atoms with Crippen molar-refractivity contribution in [3.8, 4) is 17.7 Å². The second kappa shape index (κ2) is 5.59. The molecule has 1 heterocycles. The molecule has 0 fully saturated rings. The normalized spacial score (nSPS) is 9.60. The van der Waals surface area contributed by atoms with Crippen LogP contribution in [0.4, 0.5) is 11.5 Å². The van der Waals surface area contributed by atoms with Gasteiger partial charge < -0.3 is 10.2 Å². The highest BCUT2D eigenvalue weighted by Crippen LogP contribution is 2.34. The summed E-state index contributed by atoms with van der Waals surface area (Å²) in [5.74, 6) is 4.82. The number of hydrazine groups is 1. The SMILES string of the molecule is N#Cc1ccccc1Oc1ncnc(NN)c1[N+](=O)[O-]. The van der Waals surface area contributed by atoms with E-state index in [0.29, 0.717) is 0 Å². The molecule has 9 heteroatoms. The monoisotopic (exact) mass is 272 g/mol. The first kappa shape index (κ1) is 13.2. The van der Waals surface area contributed by atoms with Gasteiger partial charge in [0.25, 0.3) is 0 Å². The Morgan fingerprint density at radius 1 is 1.40 bits per heavy atom. The lowest BCUT2D eigenvalue weighted by Gasteiger charge is -2.07. The number of nitrogens with one attached hydrogen (secondary N) is 1. The summed E-state index contributed by atoms with van der Waals surface area (Å²) in [7, 11) is 0. The molecule has 0 unspecified atom stereocenters. The van der Waals surface area contributed by atoms with E-state index in [1.165, 1.54) is 12.1 Å². The number of aromatic nitrogens is 2. The number of nitrogen functional groups attached to an aromatic ring is 1. The van der Waals surface area contributed by atoms with Gasteiger partial charge in [0, 0.05) is 0 Å². The molecule has 0 amide bonds. The molecule has 0 spiro atoms. The molecule has 0 aliphatic carbocycles. The van der Waals surface area contributed by atoms with Crippen LogP contribution < -0.4 is 16.0 Å². The molecule has 0 aliphatic rings. The van der Waals surface area contributed by atoms with Gasteiger partial charge in [0.2, 0.25) is 5.82 Å². The molecule has 1 aromatic carbocycles. The van der Waals surface area contributed by atoms with Crippen LogP contribution in [0.15, 0.2) is 30.6 Å². The number of benzene rings is 1. The van der Waals surface area contributed by atoms with Crippen molar-refractivity contribution in [3.05, 3.63) is 46.3 Å². The smallest absolute Gasteiger partial charge is 0.374 e. The van der Waals surface area contributed by atoms with E-state index in [4.69, 9.17) is 15.8 Å². The van der Waals surface area contributed by atoms with E-state index >= 15 is 0 Å². The number of rotatable bonds is 4. The van der Waals surface area contributed by atoms with Gasteiger partial charge >= 0.3 is 11.6 Å². The first-order valence-electron chi connectivity index (χ1n) is 5.30. The number of hydrogen-bond donors (Lipinski definition) is 2. The molecular weight excluding hydrogens is 264 g/mol. The summed E-state index contributed by atoms with van der Waals surface area (Å²) in [6.07, 6.45) is 1.06. The maximum atomic E-state index is 11.0. The Morgan fingerprint density at radius 2 is 2.15 bits per heavy atom. The third kappa shape index (κ3) is 2.45. The fourth-order valence-electron chi connectivity index (χ4n) is 1.46. The Kier molecular flexibility index (Phi) is 3.69. The minimum Gasteiger partial charge on any atom is -0.432 e. The van der Waals surface area contributed by atoms with Gasteiger partial charge in [-0.1, -0.05) is 12.1 Å². The van der Waals surface area contributed by atoms with Crippen LogP contribution in [-0.4, -0.2) is 14.9 Å². The lowest BCUT2D eigenvalue weighted by atomic mass is 10.2. The highest BCUT2D eigenvalue weighted by atomic mass is 16.6. The zero-order chi connectivity index (χ0) is 14.5. The predicted molar refractivity (Wildman–Crippen MR) is 67.7 cm³/mol. The Morgan fingerprint density at radius 3 is 2.80 bits per heavy atom. The van der Waals surface area contributed by atoms with Crippen molar-refractivity contribution in [1.82, 2.24) is 9.97 Å². The van der Waals surface area contributed by atoms with Gasteiger partial charge in [0.1, 0.15) is 18.1 Å². The minimum absolute atomic E-state index is 0.153. The van der Waals surface area contributed by atoms with E-state index in [2.05, 4.69) is 15.4 Å². The fourth-order valence-corrected chi connectivity index (χ4v) is 1.46. The van der Waals surface area contributed by atoms with Crippen LogP contribution in [0.5, 0.6) is 11.6 Å². The van der Waals surface area contributed by atoms with E-state index < -0.39 is 10.6 Å². The average Bonchev–Trinajstić information content (AvgIpc) is 2.47. The van der Waals surface area contributed by atoms with Gasteiger partial charge in [0.05, 0.1) is 10.5 Å². The van der Waals surface area contributed by atoms with Crippen LogP contribution in [0.3, 0.4) is 0 Å². The summed E-state index contributed by atoms with van der Waals surface area (Å²) in [5, 5.41) is 20.0. The molecule has 0 bridgehead atoms. The molecule has 0 saturated carbocycles. The number of nitrogens with two attached hydrogens (primary N) is 1. The predicted octanol–water partition coefficient (Wildman–Crippen LogP) is 1.33. The molecule has 3 N–H and O–H groups in total. The van der Waals surface area contributed by atoms with Gasteiger partial charge in [-0.3, -0.25) is 10.1 Å². The van der Waals surface area contributed by atoms with Crippen molar-refractivity contribution in [2.45, 2.75) is 0 Å². The molecular formula is C11H8N6O3. The van der Waals surface area contributed by atoms with Crippen LogP contribution in [-0.2, 0) is 0 Å². The van der Waals surface area contributed by atoms with Crippen molar-refractivity contribution < 1.29 is 9.66 Å². The quantitative estimate of drug-likeness (QED) is 0.482. The molecule has 0 saturated heterocycles. The highest BCUT2D eigenvalue weighted by Gasteiger charge is 2.25. The third-order valence-electron chi connectivity index (χ3n) is 2.32. The van der Waals surface area contributed by atoms with Crippen molar-refractivity contribution >= 4 is 11.5 Å². The molecule has 0 atom stereocenters. The second-order valence-corrected chi connectivity index (χ2v) is 3.49. The summed E-state index contributed by atoms with van der Waals surface area (Å²) in [5.41, 5.74) is 1.81. The van der Waals surface area contributed by atoms with Crippen LogP contribution in [0.2, 0.25) is 0 Å². The number of nitrogens with zero attached hydrogens (tertiary/aromatic N) is 4. The van der Waals surface area contributed by atoms with Crippen LogP contribution >= 0.6 is 0 Å². The summed E-state index contributed by atoms with van der Waals surface area (Å²) < 4.78 is 5.32. The van der Waals surface area contributed by atoms with Crippen LogP contribution in [0, 0.1) is 21.4 Å². The molecule has 2 aromatic rings. The molecule has 20 heavy (non-hydrogen) atoms. The van der Waals surface area contributed by atoms with E-state index in [9.17, 15) is 10.1 Å². The lowest BCUT2D eigenvalue weighted by Crippen LogP contribution is -2.12. The van der Waals surface area contributed by atoms with E-state index in [1.807, 2.05) is 6.07 Å². The molecule has 0 aliphatic heterocycles. The lowest BCUT2D eigenvalue weighted by molar-refractivity contribution is -0.385. The Hall–Kier alpha value is -3.25. The van der Waals surface area contributed by atoms with E-state index in [0.717, 1.165) is 6.33 Å². The van der Waals surface area contributed by atoms with Crippen molar-refractivity contribution in [3.63, 3.8) is 0 Å². The van der Waals surface area contributed by atoms with Gasteiger partial charge in [-0.15, -0.1) is 0 Å². The van der Waals surface area contributed by atoms with Crippen LogP contribution in [0.25, 0.3) is 0 Å². The van der Waals surface area contributed by atoms with Crippen molar-refractivity contribution in [2.75, 3.05) is 5.43 Å². The largest absolute Gasteiger partial charge is 0.432 e. The average molecular weight is 272 g/mol. The number of para-hydroxylation sites is 1. The number of nitro groups is 1. The van der Waals surface area contributed by atoms with E-state index in [-0.39, 0.29) is 23.0 Å². The number of hydrogen-bond acceptors (Lipinski definition) is 8. The fraction of sp³-hybridized carbons (Fsp3) is 0. The standard InChI is InChI=1S/C11H8N6O3/c12-5-7-3-1-2-4-8(7)20-11-9(17(18)19)10(16-13)14-6-15-11/h1-4,6H,13H2,(H,14,15,16). The van der Waals surface area contributed by atoms with E-state index in [1.54, 1.807) is 12.1 Å². The topological polar surface area (TPSA) is 140 Å². The number of nitriles is 1. The Bertz CT molecular complexity index is 697. The van der Waals surface area contributed by atoms with Crippen molar-refractivity contribution in [1.29, 1.82) is 5.26 Å². The van der Waals surface area contributed by atoms with Gasteiger partial charge in [-0.25, -0.2) is 10.8 Å².